The number of sulfonamides is 1. The Labute approximate surface area is 171 Å². The van der Waals surface area contributed by atoms with Crippen LogP contribution in [0.4, 0.5) is 5.69 Å². The Hall–Kier alpha value is -2.86. The minimum absolute atomic E-state index is 0.0226. The van der Waals surface area contributed by atoms with Crippen molar-refractivity contribution in [3.8, 4) is 5.75 Å². The number of esters is 1. The number of rotatable bonds is 5. The summed E-state index contributed by atoms with van der Waals surface area (Å²) in [6.45, 7) is 0. The van der Waals surface area contributed by atoms with Crippen LogP contribution in [0.3, 0.4) is 0 Å². The summed E-state index contributed by atoms with van der Waals surface area (Å²) >= 11 is 0. The first-order valence-corrected chi connectivity index (χ1v) is 11.2. The van der Waals surface area contributed by atoms with E-state index in [1.807, 2.05) is 30.3 Å². The van der Waals surface area contributed by atoms with Crippen molar-refractivity contribution in [2.45, 2.75) is 30.6 Å². The zero-order valence-electron chi connectivity index (χ0n) is 16.2. The van der Waals surface area contributed by atoms with Gasteiger partial charge in [0.2, 0.25) is 0 Å². The first-order valence-electron chi connectivity index (χ1n) is 9.75. The highest BCUT2D eigenvalue weighted by Gasteiger charge is 2.25. The highest BCUT2D eigenvalue weighted by atomic mass is 32.2. The van der Waals surface area contributed by atoms with Gasteiger partial charge in [-0.05, 0) is 60.0 Å². The average Bonchev–Trinajstić information content (AvgIpc) is 3.28. The van der Waals surface area contributed by atoms with Gasteiger partial charge in [-0.15, -0.1) is 0 Å². The summed E-state index contributed by atoms with van der Waals surface area (Å²) in [6.07, 6.45) is 3.89. The topological polar surface area (TPSA) is 63.7 Å². The van der Waals surface area contributed by atoms with Crippen LogP contribution in [0, 0.1) is 5.92 Å². The molecule has 4 rings (SSSR count). The number of ether oxygens (including phenoxy) is 1. The smallest absolute Gasteiger partial charge is 0.314 e. The Bertz CT molecular complexity index is 1130. The van der Waals surface area contributed by atoms with Crippen molar-refractivity contribution in [1.82, 2.24) is 0 Å². The Morgan fingerprint density at radius 2 is 1.59 bits per heavy atom. The predicted octanol–water partition coefficient (Wildman–Crippen LogP) is 4.76. The third-order valence-corrected chi connectivity index (χ3v) is 7.27. The molecule has 29 heavy (non-hydrogen) atoms. The van der Waals surface area contributed by atoms with Crippen LogP contribution in [-0.4, -0.2) is 21.4 Å². The largest absolute Gasteiger partial charge is 0.426 e. The molecule has 0 heterocycles. The maximum Gasteiger partial charge on any atom is 0.314 e. The first-order chi connectivity index (χ1) is 13.9. The lowest BCUT2D eigenvalue weighted by Gasteiger charge is -2.20. The maximum atomic E-state index is 13.1. The van der Waals surface area contributed by atoms with E-state index in [4.69, 9.17) is 4.74 Å². The number of hydrogen-bond donors (Lipinski definition) is 0. The molecule has 0 radical (unpaired) electrons. The van der Waals surface area contributed by atoms with Crippen molar-refractivity contribution in [2.75, 3.05) is 11.4 Å². The molecule has 0 atom stereocenters. The molecule has 5 nitrogen and oxygen atoms in total. The monoisotopic (exact) mass is 409 g/mol. The number of fused-ring (bicyclic) bond motifs is 1. The van der Waals surface area contributed by atoms with Crippen LogP contribution >= 0.6 is 0 Å². The van der Waals surface area contributed by atoms with E-state index in [2.05, 4.69) is 0 Å². The number of hydrogen-bond acceptors (Lipinski definition) is 4. The molecule has 1 saturated carbocycles. The predicted molar refractivity (Wildman–Crippen MR) is 114 cm³/mol. The molecule has 0 saturated heterocycles. The van der Waals surface area contributed by atoms with Gasteiger partial charge in [-0.1, -0.05) is 43.2 Å². The Morgan fingerprint density at radius 3 is 2.28 bits per heavy atom. The zero-order valence-corrected chi connectivity index (χ0v) is 17.1. The molecule has 3 aromatic carbocycles. The zero-order chi connectivity index (χ0) is 20.4. The van der Waals surface area contributed by atoms with Crippen LogP contribution in [0.1, 0.15) is 25.7 Å². The van der Waals surface area contributed by atoms with Crippen LogP contribution in [0.15, 0.2) is 71.6 Å². The molecule has 0 bridgehead atoms. The van der Waals surface area contributed by atoms with E-state index in [1.54, 1.807) is 36.4 Å². The van der Waals surface area contributed by atoms with Crippen molar-refractivity contribution in [1.29, 1.82) is 0 Å². The first kappa shape index (κ1) is 19.5. The molecule has 1 fully saturated rings. The van der Waals surface area contributed by atoms with Crippen LogP contribution in [0.2, 0.25) is 0 Å². The van der Waals surface area contributed by atoms with Gasteiger partial charge in [-0.3, -0.25) is 9.10 Å². The summed E-state index contributed by atoms with van der Waals surface area (Å²) < 4.78 is 32.8. The molecular weight excluding hydrogens is 386 g/mol. The van der Waals surface area contributed by atoms with Crippen LogP contribution < -0.4 is 9.04 Å². The van der Waals surface area contributed by atoms with Gasteiger partial charge in [0, 0.05) is 7.05 Å². The summed E-state index contributed by atoms with van der Waals surface area (Å²) in [7, 11) is -2.19. The second-order valence-electron chi connectivity index (χ2n) is 7.38. The van der Waals surface area contributed by atoms with Gasteiger partial charge in [-0.2, -0.15) is 0 Å². The average molecular weight is 410 g/mol. The summed E-state index contributed by atoms with van der Waals surface area (Å²) in [5.74, 6) is 0.208. The third kappa shape index (κ3) is 3.98. The lowest BCUT2D eigenvalue weighted by atomic mass is 10.1. The van der Waals surface area contributed by atoms with Crippen molar-refractivity contribution >= 4 is 32.5 Å². The Kier molecular flexibility index (Phi) is 5.28. The van der Waals surface area contributed by atoms with Crippen molar-refractivity contribution in [2.24, 2.45) is 5.92 Å². The molecule has 0 aromatic heterocycles. The van der Waals surface area contributed by atoms with Gasteiger partial charge in [0.1, 0.15) is 5.75 Å². The number of carbonyl (C=O) groups is 1. The Balaban J connectivity index is 1.53. The van der Waals surface area contributed by atoms with Gasteiger partial charge in [0.15, 0.2) is 0 Å². The normalized spacial score (nSPS) is 14.8. The van der Waals surface area contributed by atoms with Gasteiger partial charge in [0.05, 0.1) is 16.5 Å². The third-order valence-electron chi connectivity index (χ3n) is 5.49. The van der Waals surface area contributed by atoms with E-state index in [0.717, 1.165) is 36.5 Å². The maximum absolute atomic E-state index is 13.1. The van der Waals surface area contributed by atoms with Gasteiger partial charge in [0.25, 0.3) is 10.0 Å². The fourth-order valence-electron chi connectivity index (χ4n) is 3.71. The fraction of sp³-hybridized carbons (Fsp3) is 0.261. The van der Waals surface area contributed by atoms with E-state index in [1.165, 1.54) is 11.4 Å². The van der Waals surface area contributed by atoms with Gasteiger partial charge >= 0.3 is 5.97 Å². The van der Waals surface area contributed by atoms with E-state index in [-0.39, 0.29) is 16.8 Å². The van der Waals surface area contributed by atoms with E-state index < -0.39 is 10.0 Å². The van der Waals surface area contributed by atoms with E-state index in [0.29, 0.717) is 11.4 Å². The molecule has 0 spiro atoms. The lowest BCUT2D eigenvalue weighted by Crippen LogP contribution is -2.26. The van der Waals surface area contributed by atoms with Crippen molar-refractivity contribution in [3.63, 3.8) is 0 Å². The minimum atomic E-state index is -3.71. The molecule has 1 aliphatic carbocycles. The summed E-state index contributed by atoms with van der Waals surface area (Å²) in [4.78, 5) is 12.4. The summed E-state index contributed by atoms with van der Waals surface area (Å²) in [5, 5.41) is 1.86. The highest BCUT2D eigenvalue weighted by Crippen LogP contribution is 2.29. The number of anilines is 1. The molecule has 0 N–H and O–H groups in total. The molecule has 6 heteroatoms. The molecule has 0 amide bonds. The quantitative estimate of drug-likeness (QED) is 0.450. The Morgan fingerprint density at radius 1 is 0.931 bits per heavy atom. The lowest BCUT2D eigenvalue weighted by molar-refractivity contribution is -0.138. The SMILES string of the molecule is CN(c1ccc(OC(=O)C2CCCC2)cc1)S(=O)(=O)c1ccc2ccccc2c1. The number of nitrogens with zero attached hydrogens (tertiary/aromatic N) is 1. The summed E-state index contributed by atoms with van der Waals surface area (Å²) in [5.41, 5.74) is 0.499. The molecule has 150 valence electrons. The molecule has 3 aromatic rings. The summed E-state index contributed by atoms with van der Waals surface area (Å²) in [6, 6.07) is 19.3. The standard InChI is InChI=1S/C23H23NO4S/c1-24(29(26,27)22-15-10-17-6-2-5-9-19(17)16-22)20-11-13-21(14-12-20)28-23(25)18-7-3-4-8-18/h2,5-6,9-16,18H,3-4,7-8H2,1H3. The molecule has 0 unspecified atom stereocenters. The number of carbonyl (C=O) groups excluding carboxylic acids is 1. The molecular formula is C23H23NO4S. The molecule has 0 aliphatic heterocycles. The van der Waals surface area contributed by atoms with E-state index in [9.17, 15) is 13.2 Å². The van der Waals surface area contributed by atoms with Crippen LogP contribution in [0.5, 0.6) is 5.75 Å². The van der Waals surface area contributed by atoms with Crippen molar-refractivity contribution in [3.05, 3.63) is 66.7 Å². The van der Waals surface area contributed by atoms with Crippen LogP contribution in [0.25, 0.3) is 10.8 Å². The highest BCUT2D eigenvalue weighted by molar-refractivity contribution is 7.92. The second kappa shape index (κ2) is 7.87. The number of benzene rings is 3. The molecule has 1 aliphatic rings. The second-order valence-corrected chi connectivity index (χ2v) is 9.35. The minimum Gasteiger partial charge on any atom is -0.426 e. The van der Waals surface area contributed by atoms with Crippen molar-refractivity contribution < 1.29 is 17.9 Å². The van der Waals surface area contributed by atoms with Crippen LogP contribution in [-0.2, 0) is 14.8 Å². The van der Waals surface area contributed by atoms with Gasteiger partial charge < -0.3 is 4.74 Å². The van der Waals surface area contributed by atoms with Gasteiger partial charge in [-0.25, -0.2) is 8.42 Å². The van der Waals surface area contributed by atoms with E-state index >= 15 is 0 Å². The fourth-order valence-corrected chi connectivity index (χ4v) is 4.94.